The van der Waals surface area contributed by atoms with Gasteiger partial charge in [0.1, 0.15) is 0 Å². The summed E-state index contributed by atoms with van der Waals surface area (Å²) in [6.45, 7) is 5.07. The second-order valence-corrected chi connectivity index (χ2v) is 6.43. The average Bonchev–Trinajstić information content (AvgIpc) is 2.39. The summed E-state index contributed by atoms with van der Waals surface area (Å²) >= 11 is 0. The Labute approximate surface area is 115 Å². The van der Waals surface area contributed by atoms with Crippen LogP contribution in [0, 0.1) is 11.3 Å². The van der Waals surface area contributed by atoms with Gasteiger partial charge in [0.2, 0.25) is 10.0 Å². The van der Waals surface area contributed by atoms with Crippen molar-refractivity contribution in [3.63, 3.8) is 0 Å². The van der Waals surface area contributed by atoms with E-state index >= 15 is 0 Å². The van der Waals surface area contributed by atoms with Crippen LogP contribution in [0.1, 0.15) is 37.8 Å². The van der Waals surface area contributed by atoms with Crippen molar-refractivity contribution in [3.05, 3.63) is 35.4 Å². The largest absolute Gasteiger partial charge is 0.218 e. The molecule has 0 aliphatic heterocycles. The minimum Gasteiger partial charge on any atom is -0.212 e. The Morgan fingerprint density at radius 1 is 1.11 bits per heavy atom. The maximum absolute atomic E-state index is 12.3. The lowest BCUT2D eigenvalue weighted by Crippen LogP contribution is -2.33. The highest BCUT2D eigenvalue weighted by Crippen LogP contribution is 2.13. The first-order valence-electron chi connectivity index (χ1n) is 6.50. The van der Waals surface area contributed by atoms with Gasteiger partial charge in [-0.2, -0.15) is 5.26 Å². The maximum Gasteiger partial charge on any atom is 0.218 e. The Kier molecular flexibility index (Phi) is 6.00. The number of benzene rings is 1. The van der Waals surface area contributed by atoms with Crippen molar-refractivity contribution in [1.29, 1.82) is 5.26 Å². The van der Waals surface area contributed by atoms with Gasteiger partial charge in [0.15, 0.2) is 0 Å². The Balaban J connectivity index is 2.84. The van der Waals surface area contributed by atoms with Crippen LogP contribution in [0.2, 0.25) is 0 Å². The first-order valence-corrected chi connectivity index (χ1v) is 8.11. The molecule has 0 N–H and O–H groups in total. The molecular formula is C14H20N2O2S. The van der Waals surface area contributed by atoms with Crippen molar-refractivity contribution < 1.29 is 8.42 Å². The third kappa shape index (κ3) is 4.66. The van der Waals surface area contributed by atoms with Crippen LogP contribution < -0.4 is 0 Å². The molecule has 0 atom stereocenters. The number of hydrogen-bond donors (Lipinski definition) is 0. The molecule has 104 valence electrons. The molecule has 0 saturated carbocycles. The van der Waals surface area contributed by atoms with Gasteiger partial charge in [-0.15, -0.1) is 0 Å². The summed E-state index contributed by atoms with van der Waals surface area (Å²) in [5, 5.41) is 8.71. The summed E-state index contributed by atoms with van der Waals surface area (Å²) in [4.78, 5) is 0. The van der Waals surface area contributed by atoms with Crippen LogP contribution in [-0.2, 0) is 15.8 Å². The maximum atomic E-state index is 12.3. The third-order valence-electron chi connectivity index (χ3n) is 2.77. The minimum atomic E-state index is -3.27. The third-order valence-corrected chi connectivity index (χ3v) is 4.62. The van der Waals surface area contributed by atoms with E-state index in [1.807, 2.05) is 19.9 Å². The predicted octanol–water partition coefficient (Wildman–Crippen LogP) is 2.51. The molecule has 0 aliphatic rings. The summed E-state index contributed by atoms with van der Waals surface area (Å²) in [7, 11) is -3.27. The van der Waals surface area contributed by atoms with Crippen LogP contribution in [-0.4, -0.2) is 25.8 Å². The van der Waals surface area contributed by atoms with E-state index in [1.54, 1.807) is 28.6 Å². The van der Waals surface area contributed by atoms with Crippen molar-refractivity contribution in [2.45, 2.75) is 32.4 Å². The monoisotopic (exact) mass is 280 g/mol. The first-order chi connectivity index (χ1) is 9.03. The summed E-state index contributed by atoms with van der Waals surface area (Å²) in [6.07, 6.45) is 1.62. The van der Waals surface area contributed by atoms with E-state index in [-0.39, 0.29) is 5.75 Å². The summed E-state index contributed by atoms with van der Waals surface area (Å²) in [6, 6.07) is 8.72. The van der Waals surface area contributed by atoms with Gasteiger partial charge in [0.05, 0.1) is 17.4 Å². The van der Waals surface area contributed by atoms with Gasteiger partial charge < -0.3 is 0 Å². The van der Waals surface area contributed by atoms with Crippen LogP contribution in [0.3, 0.4) is 0 Å². The van der Waals surface area contributed by atoms with Gasteiger partial charge >= 0.3 is 0 Å². The molecule has 0 fully saturated rings. The summed E-state index contributed by atoms with van der Waals surface area (Å²) < 4.78 is 26.1. The molecule has 1 aromatic rings. The van der Waals surface area contributed by atoms with E-state index in [4.69, 9.17) is 5.26 Å². The van der Waals surface area contributed by atoms with Crippen LogP contribution >= 0.6 is 0 Å². The predicted molar refractivity (Wildman–Crippen MR) is 75.9 cm³/mol. The van der Waals surface area contributed by atoms with E-state index in [0.717, 1.165) is 18.4 Å². The molecule has 0 aromatic heterocycles. The van der Waals surface area contributed by atoms with Crippen LogP contribution in [0.4, 0.5) is 0 Å². The van der Waals surface area contributed by atoms with Crippen LogP contribution in [0.25, 0.3) is 0 Å². The molecular weight excluding hydrogens is 260 g/mol. The molecule has 19 heavy (non-hydrogen) atoms. The van der Waals surface area contributed by atoms with E-state index in [2.05, 4.69) is 0 Å². The van der Waals surface area contributed by atoms with E-state index in [1.165, 1.54) is 0 Å². The molecule has 0 unspecified atom stereocenters. The fourth-order valence-electron chi connectivity index (χ4n) is 1.87. The number of rotatable bonds is 7. The van der Waals surface area contributed by atoms with Gasteiger partial charge in [0, 0.05) is 13.1 Å². The lowest BCUT2D eigenvalue weighted by atomic mass is 10.2. The zero-order valence-corrected chi connectivity index (χ0v) is 12.3. The van der Waals surface area contributed by atoms with E-state index in [9.17, 15) is 8.42 Å². The fraction of sp³-hybridized carbons (Fsp3) is 0.500. The smallest absolute Gasteiger partial charge is 0.212 e. The summed E-state index contributed by atoms with van der Waals surface area (Å²) in [5.41, 5.74) is 1.26. The van der Waals surface area contributed by atoms with Crippen LogP contribution in [0.5, 0.6) is 0 Å². The van der Waals surface area contributed by atoms with E-state index < -0.39 is 10.0 Å². The Morgan fingerprint density at radius 2 is 1.63 bits per heavy atom. The van der Waals surface area contributed by atoms with Gasteiger partial charge in [-0.25, -0.2) is 12.7 Å². The number of sulfonamides is 1. The Morgan fingerprint density at radius 3 is 2.05 bits per heavy atom. The first kappa shape index (κ1) is 15.7. The molecule has 1 aromatic carbocycles. The molecule has 0 radical (unpaired) electrons. The SMILES string of the molecule is CCCN(CCC)S(=O)(=O)Cc1ccc(C#N)cc1. The second kappa shape index (κ2) is 7.27. The standard InChI is InChI=1S/C14H20N2O2S/c1-3-9-16(10-4-2)19(17,18)12-14-7-5-13(11-15)6-8-14/h5-8H,3-4,9-10,12H2,1-2H3. The van der Waals surface area contributed by atoms with Gasteiger partial charge in [0.25, 0.3) is 0 Å². The zero-order chi connectivity index (χ0) is 14.3. The topological polar surface area (TPSA) is 61.2 Å². The molecule has 0 spiro atoms. The molecule has 0 heterocycles. The lowest BCUT2D eigenvalue weighted by molar-refractivity contribution is 0.409. The molecule has 4 nitrogen and oxygen atoms in total. The second-order valence-electron chi connectivity index (χ2n) is 4.46. The van der Waals surface area contributed by atoms with Crippen molar-refractivity contribution in [2.24, 2.45) is 0 Å². The quantitative estimate of drug-likeness (QED) is 0.771. The molecule has 0 amide bonds. The minimum absolute atomic E-state index is 0.00128. The highest BCUT2D eigenvalue weighted by atomic mass is 32.2. The summed E-state index contributed by atoms with van der Waals surface area (Å²) in [5.74, 6) is -0.00128. The molecule has 0 bridgehead atoms. The zero-order valence-electron chi connectivity index (χ0n) is 11.5. The highest BCUT2D eigenvalue weighted by molar-refractivity contribution is 7.88. The van der Waals surface area contributed by atoms with E-state index in [0.29, 0.717) is 18.7 Å². The van der Waals surface area contributed by atoms with Gasteiger partial charge in [-0.3, -0.25) is 0 Å². The highest BCUT2D eigenvalue weighted by Gasteiger charge is 2.20. The Hall–Kier alpha value is -1.38. The Bertz CT molecular complexity index is 524. The molecule has 0 saturated heterocycles. The fourth-order valence-corrected chi connectivity index (χ4v) is 3.58. The molecule has 1 rings (SSSR count). The number of nitrogens with zero attached hydrogens (tertiary/aromatic N) is 2. The lowest BCUT2D eigenvalue weighted by Gasteiger charge is -2.20. The van der Waals surface area contributed by atoms with Gasteiger partial charge in [-0.05, 0) is 30.5 Å². The number of nitriles is 1. The van der Waals surface area contributed by atoms with Gasteiger partial charge in [-0.1, -0.05) is 26.0 Å². The van der Waals surface area contributed by atoms with Crippen molar-refractivity contribution >= 4 is 10.0 Å². The van der Waals surface area contributed by atoms with Crippen molar-refractivity contribution in [1.82, 2.24) is 4.31 Å². The number of hydrogen-bond acceptors (Lipinski definition) is 3. The van der Waals surface area contributed by atoms with Crippen molar-refractivity contribution in [3.8, 4) is 6.07 Å². The molecule has 5 heteroatoms. The molecule has 0 aliphatic carbocycles. The van der Waals surface area contributed by atoms with Crippen molar-refractivity contribution in [2.75, 3.05) is 13.1 Å². The average molecular weight is 280 g/mol. The van der Waals surface area contributed by atoms with Crippen LogP contribution in [0.15, 0.2) is 24.3 Å². The normalized spacial score (nSPS) is 11.5.